The van der Waals surface area contributed by atoms with E-state index in [-0.39, 0.29) is 26.9 Å². The van der Waals surface area contributed by atoms with Crippen molar-refractivity contribution in [3.63, 3.8) is 0 Å². The Hall–Kier alpha value is -2.04. The summed E-state index contributed by atoms with van der Waals surface area (Å²) in [6.07, 6.45) is 2.27. The second-order valence-corrected chi connectivity index (χ2v) is 12.7. The molecular weight excluding hydrogens is 545 g/mol. The van der Waals surface area contributed by atoms with E-state index in [1.54, 1.807) is 14.2 Å². The summed E-state index contributed by atoms with van der Waals surface area (Å²) in [7, 11) is 1.53. The van der Waals surface area contributed by atoms with Crippen LogP contribution in [0.1, 0.15) is 0 Å². The van der Waals surface area contributed by atoms with Gasteiger partial charge in [-0.3, -0.25) is 0 Å². The molecule has 179 valence electrons. The van der Waals surface area contributed by atoms with E-state index in [1.807, 2.05) is 0 Å². The third-order valence-corrected chi connectivity index (χ3v) is 11.9. The van der Waals surface area contributed by atoms with Crippen LogP contribution < -0.4 is 30.7 Å². The van der Waals surface area contributed by atoms with Crippen LogP contribution in [0, 0.1) is 7.43 Å². The average Bonchev–Trinajstić information content (AvgIpc) is 2.88. The molecule has 0 aliphatic carbocycles. The fraction of sp³-hybridized carbons (Fsp3) is 0.138. The SMILES string of the molecule is COc1ccccc1[PH+](CC[PH+](c1ccccc1)c1ccccc1OC)c1ccccc1.[CH3-].[Rh]. The van der Waals surface area contributed by atoms with Gasteiger partial charge in [0.15, 0.2) is 11.5 Å². The van der Waals surface area contributed by atoms with Crippen molar-refractivity contribution in [3.05, 3.63) is 117 Å². The molecule has 0 N–H and O–H groups in total. The van der Waals surface area contributed by atoms with Crippen LogP contribution in [0.2, 0.25) is 0 Å². The first-order valence-corrected chi connectivity index (χ1v) is 14.3. The van der Waals surface area contributed by atoms with Crippen LogP contribution in [0.15, 0.2) is 109 Å². The Morgan fingerprint density at radius 3 is 1.18 bits per heavy atom. The maximum absolute atomic E-state index is 5.77. The second-order valence-electron chi connectivity index (χ2n) is 7.59. The number of hydrogen-bond donors (Lipinski definition) is 0. The Kier molecular flexibility index (Phi) is 11.9. The topological polar surface area (TPSA) is 18.5 Å². The van der Waals surface area contributed by atoms with Crippen LogP contribution in [-0.4, -0.2) is 26.5 Å². The second kappa shape index (κ2) is 14.4. The monoisotopic (exact) mass is 578 g/mol. The summed E-state index contributed by atoms with van der Waals surface area (Å²) in [6, 6.07) is 39.0. The molecule has 0 amide bonds. The Balaban J connectivity index is 0.00000204. The fourth-order valence-electron chi connectivity index (χ4n) is 4.19. The molecule has 2 unspecified atom stereocenters. The molecule has 0 saturated heterocycles. The molecule has 0 aliphatic rings. The number of ether oxygens (including phenoxy) is 2. The molecule has 5 heteroatoms. The standard InChI is InChI=1S/C28H28O2P2.CH3.Rh/c1-29-25-17-9-11-19-27(25)31(23-13-5-3-6-14-23)21-22-32(24-15-7-4-8-16-24)28-20-12-10-18-26(28)30-2;;/h3-20H,21-22H2,1-2H3;1H3;/q;-1;/p+2. The van der Waals surface area contributed by atoms with E-state index >= 15 is 0 Å². The summed E-state index contributed by atoms with van der Waals surface area (Å²) in [4.78, 5) is 0. The summed E-state index contributed by atoms with van der Waals surface area (Å²) in [5.74, 6) is 1.99. The maximum Gasteiger partial charge on any atom is 0.161 e. The van der Waals surface area contributed by atoms with Crippen LogP contribution in [0.4, 0.5) is 0 Å². The summed E-state index contributed by atoms with van der Waals surface area (Å²) in [5, 5.41) is 5.55. The van der Waals surface area contributed by atoms with Gasteiger partial charge in [-0.25, -0.2) is 0 Å². The number of rotatable bonds is 9. The number of methoxy groups -OCH3 is 2. The molecule has 0 heterocycles. The minimum atomic E-state index is -1.01. The summed E-state index contributed by atoms with van der Waals surface area (Å²) < 4.78 is 11.5. The average molecular weight is 578 g/mol. The van der Waals surface area contributed by atoms with E-state index in [1.165, 1.54) is 21.2 Å². The van der Waals surface area contributed by atoms with Crippen molar-refractivity contribution in [2.75, 3.05) is 26.5 Å². The molecule has 0 aliphatic heterocycles. The van der Waals surface area contributed by atoms with Crippen LogP contribution in [0.5, 0.6) is 11.5 Å². The zero-order valence-corrected chi connectivity index (χ0v) is 23.6. The molecule has 34 heavy (non-hydrogen) atoms. The van der Waals surface area contributed by atoms with Crippen molar-refractivity contribution < 1.29 is 29.0 Å². The number of hydrogen-bond acceptors (Lipinski definition) is 2. The predicted molar refractivity (Wildman–Crippen MR) is 150 cm³/mol. The molecule has 0 bridgehead atoms. The van der Waals surface area contributed by atoms with Crippen molar-refractivity contribution in [3.8, 4) is 11.5 Å². The van der Waals surface area contributed by atoms with Gasteiger partial charge >= 0.3 is 0 Å². The first-order valence-electron chi connectivity index (χ1n) is 10.9. The third-order valence-electron chi connectivity index (χ3n) is 5.73. The molecule has 0 aromatic heterocycles. The molecule has 4 aromatic rings. The molecule has 0 saturated carbocycles. The summed E-state index contributed by atoms with van der Waals surface area (Å²) >= 11 is 0. The molecule has 0 fully saturated rings. The fourth-order valence-corrected chi connectivity index (χ4v) is 10.7. The maximum atomic E-state index is 5.77. The van der Waals surface area contributed by atoms with E-state index in [0.29, 0.717) is 0 Å². The molecule has 4 aromatic carbocycles. The quantitative estimate of drug-likeness (QED) is 0.155. The minimum absolute atomic E-state index is 0. The largest absolute Gasteiger partial charge is 0.493 e. The van der Waals surface area contributed by atoms with Gasteiger partial charge in [0.2, 0.25) is 0 Å². The van der Waals surface area contributed by atoms with Crippen LogP contribution in [0.25, 0.3) is 0 Å². The third kappa shape index (κ3) is 6.76. The number of para-hydroxylation sites is 2. The summed E-state index contributed by atoms with van der Waals surface area (Å²) in [6.45, 7) is 0. The zero-order chi connectivity index (χ0) is 22.2. The van der Waals surface area contributed by atoms with Crippen LogP contribution in [-0.2, 0) is 19.5 Å². The van der Waals surface area contributed by atoms with Crippen molar-refractivity contribution in [2.45, 2.75) is 0 Å². The van der Waals surface area contributed by atoms with Gasteiger partial charge in [-0.1, -0.05) is 60.7 Å². The minimum Gasteiger partial charge on any atom is -0.493 e. The first kappa shape index (κ1) is 28.2. The van der Waals surface area contributed by atoms with E-state index in [2.05, 4.69) is 109 Å². The van der Waals surface area contributed by atoms with Crippen molar-refractivity contribution in [1.29, 1.82) is 0 Å². The normalized spacial score (nSPS) is 11.9. The van der Waals surface area contributed by atoms with Gasteiger partial charge in [0.05, 0.1) is 40.7 Å². The van der Waals surface area contributed by atoms with E-state index in [4.69, 9.17) is 9.47 Å². The van der Waals surface area contributed by atoms with E-state index < -0.39 is 15.8 Å². The van der Waals surface area contributed by atoms with Crippen molar-refractivity contribution in [2.24, 2.45) is 0 Å². The van der Waals surface area contributed by atoms with E-state index in [9.17, 15) is 0 Å². The van der Waals surface area contributed by atoms with Crippen molar-refractivity contribution in [1.82, 2.24) is 0 Å². The zero-order valence-electron chi connectivity index (χ0n) is 20.0. The van der Waals surface area contributed by atoms with Crippen LogP contribution >= 0.6 is 15.8 Å². The van der Waals surface area contributed by atoms with Gasteiger partial charge in [-0.2, -0.15) is 0 Å². The Morgan fingerprint density at radius 1 is 0.500 bits per heavy atom. The van der Waals surface area contributed by atoms with Gasteiger partial charge in [-0.05, 0) is 48.5 Å². The molecule has 0 spiro atoms. The number of benzene rings is 4. The Labute approximate surface area is 220 Å². The Morgan fingerprint density at radius 2 is 0.824 bits per heavy atom. The molecular formula is C29H33O2P2Rh+. The van der Waals surface area contributed by atoms with Gasteiger partial charge in [0.25, 0.3) is 0 Å². The smallest absolute Gasteiger partial charge is 0.161 e. The van der Waals surface area contributed by atoms with Gasteiger partial charge in [-0.15, -0.1) is 0 Å². The van der Waals surface area contributed by atoms with Crippen molar-refractivity contribution >= 4 is 37.1 Å². The van der Waals surface area contributed by atoms with Gasteiger partial charge in [0.1, 0.15) is 22.9 Å². The molecule has 2 atom stereocenters. The van der Waals surface area contributed by atoms with E-state index in [0.717, 1.165) is 23.8 Å². The molecule has 1 radical (unpaired) electrons. The first-order chi connectivity index (χ1) is 15.8. The van der Waals surface area contributed by atoms with Crippen LogP contribution in [0.3, 0.4) is 0 Å². The van der Waals surface area contributed by atoms with Gasteiger partial charge < -0.3 is 16.9 Å². The Bertz CT molecular complexity index is 1030. The predicted octanol–water partition coefficient (Wildman–Crippen LogP) is 5.18. The summed E-state index contributed by atoms with van der Waals surface area (Å²) in [5.41, 5.74) is 0. The molecule has 2 nitrogen and oxygen atoms in total. The van der Waals surface area contributed by atoms with Gasteiger partial charge in [0, 0.05) is 19.5 Å². The molecule has 4 rings (SSSR count).